The quantitative estimate of drug-likeness (QED) is 0.613. The molecule has 0 radical (unpaired) electrons. The number of aromatic nitrogens is 4. The highest BCUT2D eigenvalue weighted by Crippen LogP contribution is 2.10. The molecule has 0 aliphatic rings. The average Bonchev–Trinajstić information content (AvgIpc) is 2.76. The van der Waals surface area contributed by atoms with Crippen molar-refractivity contribution in [3.63, 3.8) is 0 Å². The van der Waals surface area contributed by atoms with Crippen LogP contribution in [-0.2, 0) is 13.6 Å². The predicted octanol–water partition coefficient (Wildman–Crippen LogP) is 1.09. The van der Waals surface area contributed by atoms with Gasteiger partial charge in [-0.05, 0) is 16.0 Å². The summed E-state index contributed by atoms with van der Waals surface area (Å²) in [6.45, 7) is 1.84. The van der Waals surface area contributed by atoms with E-state index in [-0.39, 0.29) is 0 Å². The molecule has 2 rings (SSSR count). The Kier molecular flexibility index (Phi) is 4.52. The van der Waals surface area contributed by atoms with Crippen molar-refractivity contribution in [3.05, 3.63) is 35.9 Å². The molecule has 1 heterocycles. The number of aryl methyl sites for hydroxylation is 1. The maximum atomic E-state index is 3.91. The third-order valence-electron chi connectivity index (χ3n) is 2.26. The summed E-state index contributed by atoms with van der Waals surface area (Å²) in [7, 11) is 1.85. The van der Waals surface area contributed by atoms with E-state index in [0.717, 1.165) is 24.0 Å². The molecular formula is C11H15N5S. The second-order valence-corrected chi connectivity index (χ2v) is 4.66. The Balaban J connectivity index is 1.63. The summed E-state index contributed by atoms with van der Waals surface area (Å²) >= 11 is 1.65. The van der Waals surface area contributed by atoms with Gasteiger partial charge in [0.15, 0.2) is 0 Å². The number of hydrogen-bond acceptors (Lipinski definition) is 5. The minimum absolute atomic E-state index is 0.853. The summed E-state index contributed by atoms with van der Waals surface area (Å²) in [5.41, 5.74) is 1.30. The van der Waals surface area contributed by atoms with Gasteiger partial charge in [-0.25, -0.2) is 4.68 Å². The smallest absolute Gasteiger partial charge is 0.209 e. The molecule has 0 spiro atoms. The van der Waals surface area contributed by atoms with Gasteiger partial charge in [-0.3, -0.25) is 0 Å². The van der Waals surface area contributed by atoms with E-state index in [1.54, 1.807) is 16.4 Å². The number of benzene rings is 1. The Morgan fingerprint density at radius 2 is 2.12 bits per heavy atom. The van der Waals surface area contributed by atoms with Gasteiger partial charge < -0.3 is 5.32 Å². The lowest BCUT2D eigenvalue weighted by molar-refractivity contribution is 0.663. The van der Waals surface area contributed by atoms with Crippen LogP contribution in [0, 0.1) is 0 Å². The van der Waals surface area contributed by atoms with Gasteiger partial charge in [0.25, 0.3) is 0 Å². The van der Waals surface area contributed by atoms with E-state index in [9.17, 15) is 0 Å². The monoisotopic (exact) mass is 249 g/mol. The van der Waals surface area contributed by atoms with Gasteiger partial charge >= 0.3 is 0 Å². The molecule has 6 heteroatoms. The fourth-order valence-corrected chi connectivity index (χ4v) is 2.13. The first-order valence-corrected chi connectivity index (χ1v) is 6.44. The maximum Gasteiger partial charge on any atom is 0.209 e. The van der Waals surface area contributed by atoms with Crippen LogP contribution in [0.2, 0.25) is 0 Å². The Bertz CT molecular complexity index is 442. The van der Waals surface area contributed by atoms with Crippen molar-refractivity contribution in [1.29, 1.82) is 0 Å². The van der Waals surface area contributed by atoms with E-state index in [1.807, 2.05) is 13.1 Å². The summed E-state index contributed by atoms with van der Waals surface area (Å²) < 4.78 is 1.68. The third kappa shape index (κ3) is 3.83. The zero-order chi connectivity index (χ0) is 11.9. The van der Waals surface area contributed by atoms with Crippen LogP contribution in [0.3, 0.4) is 0 Å². The number of tetrazole rings is 1. The van der Waals surface area contributed by atoms with Crippen molar-refractivity contribution >= 4 is 11.8 Å². The van der Waals surface area contributed by atoms with Crippen molar-refractivity contribution in [1.82, 2.24) is 25.5 Å². The summed E-state index contributed by atoms with van der Waals surface area (Å²) in [5, 5.41) is 15.5. The summed E-state index contributed by atoms with van der Waals surface area (Å²) in [6, 6.07) is 10.4. The van der Waals surface area contributed by atoms with E-state index >= 15 is 0 Å². The molecule has 0 bridgehead atoms. The van der Waals surface area contributed by atoms with Crippen molar-refractivity contribution in [2.75, 3.05) is 12.3 Å². The Morgan fingerprint density at radius 1 is 1.29 bits per heavy atom. The van der Waals surface area contributed by atoms with Gasteiger partial charge in [0, 0.05) is 25.9 Å². The Hall–Kier alpha value is -1.40. The molecule has 0 saturated heterocycles. The number of thioether (sulfide) groups is 1. The molecule has 1 aromatic carbocycles. The Morgan fingerprint density at radius 3 is 2.82 bits per heavy atom. The first-order chi connectivity index (χ1) is 8.36. The van der Waals surface area contributed by atoms with Gasteiger partial charge in [0.05, 0.1) is 0 Å². The molecule has 0 amide bonds. The second-order valence-electron chi connectivity index (χ2n) is 3.60. The van der Waals surface area contributed by atoms with Crippen molar-refractivity contribution in [3.8, 4) is 0 Å². The topological polar surface area (TPSA) is 55.6 Å². The van der Waals surface area contributed by atoms with Crippen LogP contribution in [0.4, 0.5) is 0 Å². The van der Waals surface area contributed by atoms with E-state index < -0.39 is 0 Å². The van der Waals surface area contributed by atoms with Crippen LogP contribution in [0.25, 0.3) is 0 Å². The molecule has 90 valence electrons. The van der Waals surface area contributed by atoms with Crippen LogP contribution < -0.4 is 5.32 Å². The molecule has 1 N–H and O–H groups in total. The normalized spacial score (nSPS) is 10.6. The summed E-state index contributed by atoms with van der Waals surface area (Å²) in [5.74, 6) is 0.959. The fourth-order valence-electron chi connectivity index (χ4n) is 1.39. The first kappa shape index (κ1) is 12.1. The summed E-state index contributed by atoms with van der Waals surface area (Å²) in [4.78, 5) is 0. The van der Waals surface area contributed by atoms with Crippen LogP contribution in [-0.4, -0.2) is 32.5 Å². The van der Waals surface area contributed by atoms with Gasteiger partial charge in [0.2, 0.25) is 5.16 Å². The molecule has 2 aromatic rings. The molecule has 0 aliphatic carbocycles. The predicted molar refractivity (Wildman–Crippen MR) is 67.7 cm³/mol. The number of rotatable bonds is 6. The lowest BCUT2D eigenvalue weighted by Gasteiger charge is -2.03. The maximum absolute atomic E-state index is 3.91. The van der Waals surface area contributed by atoms with Crippen LogP contribution in [0.1, 0.15) is 5.56 Å². The molecule has 0 fully saturated rings. The van der Waals surface area contributed by atoms with E-state index in [0.29, 0.717) is 0 Å². The lowest BCUT2D eigenvalue weighted by atomic mass is 10.2. The average molecular weight is 249 g/mol. The van der Waals surface area contributed by atoms with E-state index in [2.05, 4.69) is 45.1 Å². The highest BCUT2D eigenvalue weighted by Gasteiger charge is 2.01. The number of nitrogens with zero attached hydrogens (tertiary/aromatic N) is 4. The standard InChI is InChI=1S/C11H15N5S/c1-16-11(13-14-15-16)17-8-7-12-9-10-5-3-2-4-6-10/h2-6,12H,7-9H2,1H3. The lowest BCUT2D eigenvalue weighted by Crippen LogP contribution is -2.16. The van der Waals surface area contributed by atoms with Crippen molar-refractivity contribution in [2.45, 2.75) is 11.7 Å². The van der Waals surface area contributed by atoms with Gasteiger partial charge in [0.1, 0.15) is 0 Å². The molecule has 17 heavy (non-hydrogen) atoms. The molecular weight excluding hydrogens is 234 g/mol. The molecule has 5 nitrogen and oxygen atoms in total. The highest BCUT2D eigenvalue weighted by atomic mass is 32.2. The minimum atomic E-state index is 0.853. The molecule has 0 unspecified atom stereocenters. The van der Waals surface area contributed by atoms with Crippen LogP contribution in [0.15, 0.2) is 35.5 Å². The van der Waals surface area contributed by atoms with Gasteiger partial charge in [-0.2, -0.15) is 0 Å². The molecule has 0 atom stereocenters. The van der Waals surface area contributed by atoms with Crippen molar-refractivity contribution < 1.29 is 0 Å². The van der Waals surface area contributed by atoms with E-state index in [4.69, 9.17) is 0 Å². The van der Waals surface area contributed by atoms with Crippen LogP contribution in [0.5, 0.6) is 0 Å². The van der Waals surface area contributed by atoms with Gasteiger partial charge in [-0.15, -0.1) is 5.10 Å². The molecule has 0 saturated carbocycles. The summed E-state index contributed by atoms with van der Waals surface area (Å²) in [6.07, 6.45) is 0. The SMILES string of the molecule is Cn1nnnc1SCCNCc1ccccc1. The zero-order valence-corrected chi connectivity index (χ0v) is 10.5. The highest BCUT2D eigenvalue weighted by molar-refractivity contribution is 7.99. The first-order valence-electron chi connectivity index (χ1n) is 5.46. The number of hydrogen-bond donors (Lipinski definition) is 1. The zero-order valence-electron chi connectivity index (χ0n) is 9.71. The second kappa shape index (κ2) is 6.36. The minimum Gasteiger partial charge on any atom is -0.312 e. The molecule has 1 aromatic heterocycles. The largest absolute Gasteiger partial charge is 0.312 e. The van der Waals surface area contributed by atoms with Crippen LogP contribution >= 0.6 is 11.8 Å². The van der Waals surface area contributed by atoms with E-state index in [1.165, 1.54) is 5.56 Å². The fraction of sp³-hybridized carbons (Fsp3) is 0.364. The third-order valence-corrected chi connectivity index (χ3v) is 3.28. The van der Waals surface area contributed by atoms with Gasteiger partial charge in [-0.1, -0.05) is 42.1 Å². The van der Waals surface area contributed by atoms with Crippen molar-refractivity contribution in [2.24, 2.45) is 7.05 Å². The Labute approximate surface area is 105 Å². The number of nitrogens with one attached hydrogen (secondary N) is 1. The molecule has 0 aliphatic heterocycles.